The van der Waals surface area contributed by atoms with Crippen LogP contribution in [0, 0.1) is 10.5 Å². The van der Waals surface area contributed by atoms with Gasteiger partial charge in [-0.15, -0.1) is 0 Å². The first-order chi connectivity index (χ1) is 12.5. The monoisotopic (exact) mass is 464 g/mol. The van der Waals surface area contributed by atoms with Crippen molar-refractivity contribution in [3.63, 3.8) is 0 Å². The van der Waals surface area contributed by atoms with Crippen molar-refractivity contribution in [1.29, 1.82) is 0 Å². The molecular formula is C21H25IN2O2. The Morgan fingerprint density at radius 3 is 2.08 bits per heavy atom. The fourth-order valence-electron chi connectivity index (χ4n) is 2.67. The molecule has 0 aliphatic heterocycles. The number of carbonyl (C=O) groups excluding carboxylic acids is 2. The molecule has 4 nitrogen and oxygen atoms in total. The number of carbonyl (C=O) groups is 2. The van der Waals surface area contributed by atoms with Crippen LogP contribution in [-0.4, -0.2) is 29.8 Å². The molecule has 0 aliphatic rings. The quantitative estimate of drug-likeness (QED) is 0.579. The molecule has 5 heteroatoms. The number of hydrogen-bond acceptors (Lipinski definition) is 2. The lowest BCUT2D eigenvalue weighted by Crippen LogP contribution is -2.32. The summed E-state index contributed by atoms with van der Waals surface area (Å²) in [5.41, 5.74) is 3.10. The highest BCUT2D eigenvalue weighted by atomic mass is 127. The van der Waals surface area contributed by atoms with E-state index in [9.17, 15) is 9.59 Å². The predicted molar refractivity (Wildman–Crippen MR) is 115 cm³/mol. The van der Waals surface area contributed by atoms with Crippen LogP contribution in [0.15, 0.2) is 42.5 Å². The second-order valence-corrected chi connectivity index (χ2v) is 7.45. The minimum atomic E-state index is -0.152. The van der Waals surface area contributed by atoms with Crippen molar-refractivity contribution in [3.8, 4) is 0 Å². The topological polar surface area (TPSA) is 49.4 Å². The van der Waals surface area contributed by atoms with E-state index in [0.717, 1.165) is 35.1 Å². The van der Waals surface area contributed by atoms with Crippen molar-refractivity contribution in [2.75, 3.05) is 18.4 Å². The molecule has 138 valence electrons. The molecule has 0 heterocycles. The van der Waals surface area contributed by atoms with Crippen molar-refractivity contribution < 1.29 is 9.59 Å². The van der Waals surface area contributed by atoms with Gasteiger partial charge in [0.1, 0.15) is 0 Å². The van der Waals surface area contributed by atoms with Crippen LogP contribution < -0.4 is 5.32 Å². The summed E-state index contributed by atoms with van der Waals surface area (Å²) >= 11 is 2.22. The molecule has 1 N–H and O–H groups in total. The Hall–Kier alpha value is -1.89. The van der Waals surface area contributed by atoms with Crippen LogP contribution in [0.5, 0.6) is 0 Å². The Balaban J connectivity index is 2.07. The number of halogens is 1. The second-order valence-electron chi connectivity index (χ2n) is 6.29. The fourth-order valence-corrected chi connectivity index (χ4v) is 3.19. The van der Waals surface area contributed by atoms with Crippen molar-refractivity contribution in [3.05, 3.63) is 62.7 Å². The number of benzene rings is 2. The fraction of sp³-hybridized carbons (Fsp3) is 0.333. The Labute approximate surface area is 169 Å². The van der Waals surface area contributed by atoms with E-state index in [1.54, 1.807) is 24.3 Å². The molecule has 0 saturated carbocycles. The van der Waals surface area contributed by atoms with Gasteiger partial charge in [-0.3, -0.25) is 9.59 Å². The summed E-state index contributed by atoms with van der Waals surface area (Å²) in [6.07, 6.45) is 1.88. The molecular weight excluding hydrogens is 439 g/mol. The van der Waals surface area contributed by atoms with Gasteiger partial charge in [-0.05, 0) is 84.3 Å². The van der Waals surface area contributed by atoms with Crippen molar-refractivity contribution in [2.24, 2.45) is 0 Å². The average molecular weight is 464 g/mol. The van der Waals surface area contributed by atoms with Gasteiger partial charge in [0.15, 0.2) is 0 Å². The summed E-state index contributed by atoms with van der Waals surface area (Å²) < 4.78 is 1.06. The van der Waals surface area contributed by atoms with Crippen LogP contribution in [0.2, 0.25) is 0 Å². The van der Waals surface area contributed by atoms with Crippen LogP contribution in [0.1, 0.15) is 53.0 Å². The van der Waals surface area contributed by atoms with E-state index in [-0.39, 0.29) is 11.8 Å². The molecule has 0 unspecified atom stereocenters. The average Bonchev–Trinajstić information content (AvgIpc) is 2.64. The molecule has 0 fully saturated rings. The van der Waals surface area contributed by atoms with Gasteiger partial charge in [-0.25, -0.2) is 0 Å². The Bertz CT molecular complexity index is 766. The highest BCUT2D eigenvalue weighted by molar-refractivity contribution is 14.1. The van der Waals surface area contributed by atoms with Gasteiger partial charge < -0.3 is 10.2 Å². The summed E-state index contributed by atoms with van der Waals surface area (Å²) in [4.78, 5) is 26.8. The summed E-state index contributed by atoms with van der Waals surface area (Å²) in [5.74, 6) is -0.111. The molecule has 0 spiro atoms. The number of aryl methyl sites for hydroxylation is 1. The third-order valence-electron chi connectivity index (χ3n) is 4.10. The predicted octanol–water partition coefficient (Wildman–Crippen LogP) is 5.11. The first-order valence-corrected chi connectivity index (χ1v) is 10.0. The third kappa shape index (κ3) is 5.30. The number of anilines is 1. The minimum Gasteiger partial charge on any atom is -0.339 e. The Morgan fingerprint density at radius 1 is 0.962 bits per heavy atom. The molecule has 0 bridgehead atoms. The van der Waals surface area contributed by atoms with Gasteiger partial charge in [0.25, 0.3) is 11.8 Å². The zero-order valence-electron chi connectivity index (χ0n) is 15.5. The standard InChI is InChI=1S/C21H25IN2O2/c1-4-12-24(13-5-2)21(26)16-8-10-18(11-9-16)23-20(25)17-7-6-15(3)19(22)14-17/h6-11,14H,4-5,12-13H2,1-3H3,(H,23,25). The maximum Gasteiger partial charge on any atom is 0.255 e. The molecule has 0 aliphatic carbocycles. The zero-order valence-corrected chi connectivity index (χ0v) is 17.7. The van der Waals surface area contributed by atoms with Crippen molar-refractivity contribution >= 4 is 40.1 Å². The Kier molecular flexibility index (Phi) is 7.63. The highest BCUT2D eigenvalue weighted by Gasteiger charge is 2.14. The van der Waals surface area contributed by atoms with E-state index in [1.807, 2.05) is 30.0 Å². The van der Waals surface area contributed by atoms with E-state index in [0.29, 0.717) is 16.8 Å². The second kappa shape index (κ2) is 9.71. The van der Waals surface area contributed by atoms with E-state index >= 15 is 0 Å². The number of nitrogens with one attached hydrogen (secondary N) is 1. The number of hydrogen-bond donors (Lipinski definition) is 1. The number of rotatable bonds is 7. The van der Waals surface area contributed by atoms with Crippen LogP contribution in [-0.2, 0) is 0 Å². The summed E-state index contributed by atoms with van der Waals surface area (Å²) in [7, 11) is 0. The molecule has 2 amide bonds. The van der Waals surface area contributed by atoms with Crippen LogP contribution >= 0.6 is 22.6 Å². The van der Waals surface area contributed by atoms with Gasteiger partial charge in [0.2, 0.25) is 0 Å². The minimum absolute atomic E-state index is 0.0414. The van der Waals surface area contributed by atoms with Gasteiger partial charge in [0.05, 0.1) is 0 Å². The van der Waals surface area contributed by atoms with Gasteiger partial charge in [0, 0.05) is 33.5 Å². The molecule has 2 rings (SSSR count). The molecule has 0 atom stereocenters. The number of nitrogens with zero attached hydrogens (tertiary/aromatic N) is 1. The normalized spacial score (nSPS) is 10.5. The zero-order chi connectivity index (χ0) is 19.1. The lowest BCUT2D eigenvalue weighted by molar-refractivity contribution is 0.0755. The van der Waals surface area contributed by atoms with E-state index < -0.39 is 0 Å². The Morgan fingerprint density at radius 2 is 1.54 bits per heavy atom. The molecule has 0 aromatic heterocycles. The lowest BCUT2D eigenvalue weighted by atomic mass is 10.1. The summed E-state index contributed by atoms with van der Waals surface area (Å²) in [6, 6.07) is 12.7. The molecule has 2 aromatic carbocycles. The maximum absolute atomic E-state index is 12.6. The van der Waals surface area contributed by atoms with Crippen LogP contribution in [0.25, 0.3) is 0 Å². The maximum atomic E-state index is 12.6. The summed E-state index contributed by atoms with van der Waals surface area (Å²) in [5, 5.41) is 2.88. The smallest absolute Gasteiger partial charge is 0.255 e. The van der Waals surface area contributed by atoms with Gasteiger partial charge in [-0.2, -0.15) is 0 Å². The molecule has 0 radical (unpaired) electrons. The van der Waals surface area contributed by atoms with Gasteiger partial charge in [-0.1, -0.05) is 19.9 Å². The third-order valence-corrected chi connectivity index (χ3v) is 5.26. The van der Waals surface area contributed by atoms with Crippen LogP contribution in [0.4, 0.5) is 5.69 Å². The van der Waals surface area contributed by atoms with Crippen LogP contribution in [0.3, 0.4) is 0 Å². The molecule has 26 heavy (non-hydrogen) atoms. The van der Waals surface area contributed by atoms with Crippen molar-refractivity contribution in [2.45, 2.75) is 33.6 Å². The largest absolute Gasteiger partial charge is 0.339 e. The molecule has 2 aromatic rings. The highest BCUT2D eigenvalue weighted by Crippen LogP contribution is 2.16. The molecule has 0 saturated heterocycles. The first-order valence-electron chi connectivity index (χ1n) is 8.93. The van der Waals surface area contributed by atoms with Crippen molar-refractivity contribution in [1.82, 2.24) is 4.90 Å². The number of amides is 2. The SMILES string of the molecule is CCCN(CCC)C(=O)c1ccc(NC(=O)c2ccc(C)c(I)c2)cc1. The van der Waals surface area contributed by atoms with Gasteiger partial charge >= 0.3 is 0 Å². The van der Waals surface area contributed by atoms with E-state index in [2.05, 4.69) is 41.8 Å². The lowest BCUT2D eigenvalue weighted by Gasteiger charge is -2.21. The first kappa shape index (κ1) is 20.4. The van der Waals surface area contributed by atoms with E-state index in [1.165, 1.54) is 0 Å². The summed E-state index contributed by atoms with van der Waals surface area (Å²) in [6.45, 7) is 7.68. The van der Waals surface area contributed by atoms with E-state index in [4.69, 9.17) is 0 Å².